The van der Waals surface area contributed by atoms with Crippen LogP contribution in [0, 0.1) is 0 Å². The first-order valence-electron chi connectivity index (χ1n) is 8.90. The highest BCUT2D eigenvalue weighted by molar-refractivity contribution is 7.13. The summed E-state index contributed by atoms with van der Waals surface area (Å²) in [6.45, 7) is 5.18. The number of carbonyl (C=O) groups excluding carboxylic acids is 1. The molecule has 6 nitrogen and oxygen atoms in total. The van der Waals surface area contributed by atoms with Gasteiger partial charge in [-0.05, 0) is 37.6 Å². The lowest BCUT2D eigenvalue weighted by Crippen LogP contribution is -2.52. The van der Waals surface area contributed by atoms with Gasteiger partial charge in [-0.1, -0.05) is 6.07 Å². The molecule has 0 aromatic carbocycles. The zero-order valence-electron chi connectivity index (χ0n) is 14.3. The van der Waals surface area contributed by atoms with Crippen molar-refractivity contribution in [3.8, 4) is 0 Å². The van der Waals surface area contributed by atoms with Gasteiger partial charge in [-0.2, -0.15) is 0 Å². The van der Waals surface area contributed by atoms with Crippen LogP contribution in [-0.2, 0) is 4.79 Å². The van der Waals surface area contributed by atoms with Gasteiger partial charge >= 0.3 is 0 Å². The number of nitrogens with zero attached hydrogens (tertiary/aromatic N) is 5. The number of hydrogen-bond donors (Lipinski definition) is 0. The number of aromatic nitrogens is 2. The lowest BCUT2D eigenvalue weighted by molar-refractivity contribution is -0.137. The molecule has 25 heavy (non-hydrogen) atoms. The van der Waals surface area contributed by atoms with Crippen LogP contribution in [0.3, 0.4) is 0 Å². The minimum atomic E-state index is -0.192. The van der Waals surface area contributed by atoms with Gasteiger partial charge in [0.1, 0.15) is 6.04 Å². The molecule has 0 spiro atoms. The van der Waals surface area contributed by atoms with Crippen molar-refractivity contribution in [2.75, 3.05) is 44.2 Å². The normalized spacial score (nSPS) is 20.0. The van der Waals surface area contributed by atoms with E-state index in [-0.39, 0.29) is 11.9 Å². The molecule has 2 aromatic heterocycles. The fourth-order valence-corrected chi connectivity index (χ4v) is 4.41. The number of amides is 1. The van der Waals surface area contributed by atoms with Crippen molar-refractivity contribution in [2.24, 2.45) is 0 Å². The van der Waals surface area contributed by atoms with Crippen molar-refractivity contribution in [1.29, 1.82) is 0 Å². The SMILES string of the molecule is O=C(C(c1cccnc1)N1CCCC1)N1CCN(c2nccs2)CC1. The minimum Gasteiger partial charge on any atom is -0.345 e. The van der Waals surface area contributed by atoms with Crippen LogP contribution < -0.4 is 4.90 Å². The van der Waals surface area contributed by atoms with Gasteiger partial charge < -0.3 is 9.80 Å². The first kappa shape index (κ1) is 16.5. The number of rotatable bonds is 4. The predicted octanol–water partition coefficient (Wildman–Crippen LogP) is 2.02. The minimum absolute atomic E-state index is 0.192. The summed E-state index contributed by atoms with van der Waals surface area (Å²) < 4.78 is 0. The maximum absolute atomic E-state index is 13.3. The van der Waals surface area contributed by atoms with E-state index in [0.717, 1.165) is 50.0 Å². The monoisotopic (exact) mass is 357 g/mol. The third kappa shape index (κ3) is 3.52. The Morgan fingerprint density at radius 1 is 1.08 bits per heavy atom. The summed E-state index contributed by atoms with van der Waals surface area (Å²) in [6.07, 6.45) is 7.78. The van der Waals surface area contributed by atoms with Gasteiger partial charge in [-0.25, -0.2) is 4.98 Å². The van der Waals surface area contributed by atoms with E-state index in [2.05, 4.69) is 19.8 Å². The molecule has 1 unspecified atom stereocenters. The van der Waals surface area contributed by atoms with Crippen molar-refractivity contribution in [3.63, 3.8) is 0 Å². The van der Waals surface area contributed by atoms with E-state index in [1.165, 1.54) is 12.8 Å². The second-order valence-corrected chi connectivity index (χ2v) is 7.43. The van der Waals surface area contributed by atoms with E-state index < -0.39 is 0 Å². The van der Waals surface area contributed by atoms with Gasteiger partial charge in [0.05, 0.1) is 0 Å². The molecule has 2 aliphatic rings. The first-order chi connectivity index (χ1) is 12.3. The summed E-state index contributed by atoms with van der Waals surface area (Å²) in [5.74, 6) is 0.216. The summed E-state index contributed by atoms with van der Waals surface area (Å²) in [5, 5.41) is 3.05. The smallest absolute Gasteiger partial charge is 0.244 e. The Bertz CT molecular complexity index is 679. The Labute approximate surface area is 152 Å². The van der Waals surface area contributed by atoms with Crippen molar-refractivity contribution < 1.29 is 4.79 Å². The molecule has 2 aliphatic heterocycles. The van der Waals surface area contributed by atoms with Gasteiger partial charge in [0, 0.05) is 50.1 Å². The summed E-state index contributed by atoms with van der Waals surface area (Å²) in [6, 6.07) is 3.76. The van der Waals surface area contributed by atoms with E-state index in [1.807, 2.05) is 34.8 Å². The quantitative estimate of drug-likeness (QED) is 0.838. The second kappa shape index (κ2) is 7.49. The first-order valence-corrected chi connectivity index (χ1v) is 9.78. The van der Waals surface area contributed by atoms with Crippen LogP contribution in [0.25, 0.3) is 0 Å². The molecule has 2 aromatic rings. The average molecular weight is 357 g/mol. The van der Waals surface area contributed by atoms with E-state index in [9.17, 15) is 4.79 Å². The Hall–Kier alpha value is -1.99. The fraction of sp³-hybridized carbons (Fsp3) is 0.500. The number of pyridine rings is 1. The van der Waals surface area contributed by atoms with E-state index in [1.54, 1.807) is 17.5 Å². The highest BCUT2D eigenvalue weighted by Gasteiger charge is 2.34. The molecule has 2 fully saturated rings. The van der Waals surface area contributed by atoms with Crippen LogP contribution in [0.5, 0.6) is 0 Å². The van der Waals surface area contributed by atoms with E-state index >= 15 is 0 Å². The van der Waals surface area contributed by atoms with Crippen LogP contribution in [0.4, 0.5) is 5.13 Å². The molecular weight excluding hydrogens is 334 g/mol. The summed E-state index contributed by atoms with van der Waals surface area (Å²) in [7, 11) is 0. The molecule has 132 valence electrons. The molecule has 2 saturated heterocycles. The van der Waals surface area contributed by atoms with Crippen LogP contribution in [0.15, 0.2) is 36.1 Å². The van der Waals surface area contributed by atoms with Gasteiger partial charge in [-0.3, -0.25) is 14.7 Å². The van der Waals surface area contributed by atoms with E-state index in [4.69, 9.17) is 0 Å². The van der Waals surface area contributed by atoms with Crippen molar-refractivity contribution in [2.45, 2.75) is 18.9 Å². The molecule has 0 N–H and O–H groups in total. The van der Waals surface area contributed by atoms with Gasteiger partial charge in [0.2, 0.25) is 5.91 Å². The zero-order valence-corrected chi connectivity index (χ0v) is 15.1. The molecule has 1 atom stereocenters. The Kier molecular flexibility index (Phi) is 4.94. The van der Waals surface area contributed by atoms with Crippen molar-refractivity contribution >= 4 is 22.4 Å². The largest absolute Gasteiger partial charge is 0.345 e. The topological polar surface area (TPSA) is 52.6 Å². The maximum Gasteiger partial charge on any atom is 0.244 e. The second-order valence-electron chi connectivity index (χ2n) is 6.56. The Morgan fingerprint density at radius 3 is 2.52 bits per heavy atom. The maximum atomic E-state index is 13.3. The number of carbonyl (C=O) groups is 1. The third-order valence-electron chi connectivity index (χ3n) is 5.02. The number of hydrogen-bond acceptors (Lipinski definition) is 6. The van der Waals surface area contributed by atoms with Crippen molar-refractivity contribution in [1.82, 2.24) is 19.8 Å². The van der Waals surface area contributed by atoms with Crippen LogP contribution in [0.1, 0.15) is 24.4 Å². The van der Waals surface area contributed by atoms with Gasteiger partial charge in [0.15, 0.2) is 5.13 Å². The number of piperazine rings is 1. The molecule has 7 heteroatoms. The summed E-state index contributed by atoms with van der Waals surface area (Å²) in [4.78, 5) is 28.5. The van der Waals surface area contributed by atoms with Crippen LogP contribution in [0.2, 0.25) is 0 Å². The molecule has 0 saturated carbocycles. The molecule has 0 radical (unpaired) electrons. The molecule has 4 heterocycles. The number of likely N-dealkylation sites (tertiary alicyclic amines) is 1. The van der Waals surface area contributed by atoms with E-state index in [0.29, 0.717) is 0 Å². The standard InChI is InChI=1S/C18H23N5OS/c24-17(22-9-11-23(12-10-22)18-20-6-13-25-18)16(21-7-1-2-8-21)15-4-3-5-19-14-15/h3-6,13-14,16H,1-2,7-12H2. The highest BCUT2D eigenvalue weighted by atomic mass is 32.1. The Morgan fingerprint density at radius 2 is 1.88 bits per heavy atom. The molecule has 1 amide bonds. The summed E-state index contributed by atoms with van der Waals surface area (Å²) >= 11 is 1.66. The third-order valence-corrected chi connectivity index (χ3v) is 5.85. The Balaban J connectivity index is 1.47. The number of anilines is 1. The van der Waals surface area contributed by atoms with Crippen LogP contribution >= 0.6 is 11.3 Å². The summed E-state index contributed by atoms with van der Waals surface area (Å²) in [5.41, 5.74) is 1.01. The zero-order chi connectivity index (χ0) is 17.1. The fourth-order valence-electron chi connectivity index (χ4n) is 3.71. The van der Waals surface area contributed by atoms with Crippen molar-refractivity contribution in [3.05, 3.63) is 41.7 Å². The molecule has 0 bridgehead atoms. The van der Waals surface area contributed by atoms with Gasteiger partial charge in [-0.15, -0.1) is 11.3 Å². The highest BCUT2D eigenvalue weighted by Crippen LogP contribution is 2.28. The molecular formula is C18H23N5OS. The van der Waals surface area contributed by atoms with Crippen LogP contribution in [-0.4, -0.2) is 64.9 Å². The molecule has 0 aliphatic carbocycles. The lowest BCUT2D eigenvalue weighted by atomic mass is 10.1. The predicted molar refractivity (Wildman–Crippen MR) is 98.7 cm³/mol. The lowest BCUT2D eigenvalue weighted by Gasteiger charge is -2.38. The molecule has 4 rings (SSSR count). The van der Waals surface area contributed by atoms with Gasteiger partial charge in [0.25, 0.3) is 0 Å². The average Bonchev–Trinajstić information content (AvgIpc) is 3.37. The number of thiazole rings is 1.